The van der Waals surface area contributed by atoms with E-state index in [2.05, 4.69) is 434 Å². The molecule has 4 aromatic heterocycles. The minimum absolute atomic E-state index is 0.701. The highest BCUT2D eigenvalue weighted by Crippen LogP contribution is 2.44. The fourth-order valence-electron chi connectivity index (χ4n) is 18.3. The van der Waals surface area contributed by atoms with E-state index in [1.807, 2.05) is 24.3 Å². The maximum Gasteiger partial charge on any atom is 0.160 e. The Hall–Kier alpha value is -16.3. The van der Waals surface area contributed by atoms with Gasteiger partial charge in [-0.25, -0.2) is 19.9 Å². The maximum absolute atomic E-state index is 5.08. The van der Waals surface area contributed by atoms with Crippen LogP contribution in [0.3, 0.4) is 0 Å². The Balaban J connectivity index is 0.000000142. The van der Waals surface area contributed by atoms with E-state index >= 15 is 0 Å². The molecule has 0 radical (unpaired) electrons. The summed E-state index contributed by atoms with van der Waals surface area (Å²) in [6.07, 6.45) is 0. The van der Waals surface area contributed by atoms with Gasteiger partial charge in [-0.3, -0.25) is 0 Å². The summed E-state index contributed by atoms with van der Waals surface area (Å²) in [4.78, 5) is 20.3. The second-order valence-electron chi connectivity index (χ2n) is 31.6. The molecule has 0 N–H and O–H groups in total. The van der Waals surface area contributed by atoms with Gasteiger partial charge in [0.15, 0.2) is 11.6 Å². The molecule has 122 heavy (non-hydrogen) atoms. The Bertz CT molecular complexity index is 8090. The first-order chi connectivity index (χ1) is 60.4. The number of hydrogen-bond acceptors (Lipinski definition) is 4. The van der Waals surface area contributed by atoms with Crippen molar-refractivity contribution in [3.05, 3.63) is 449 Å². The van der Waals surface area contributed by atoms with Crippen LogP contribution in [0.2, 0.25) is 0 Å². The van der Waals surface area contributed by atoms with E-state index in [-0.39, 0.29) is 0 Å². The van der Waals surface area contributed by atoms with Gasteiger partial charge >= 0.3 is 0 Å². The van der Waals surface area contributed by atoms with Gasteiger partial charge in [-0.15, -0.1) is 0 Å². The fourth-order valence-corrected chi connectivity index (χ4v) is 18.3. The smallest absolute Gasteiger partial charge is 0.160 e. The largest absolute Gasteiger partial charge is 0.309 e. The molecule has 24 aromatic rings. The zero-order valence-electron chi connectivity index (χ0n) is 66.4. The van der Waals surface area contributed by atoms with Crippen molar-refractivity contribution in [2.75, 3.05) is 0 Å². The number of nitrogens with zero attached hydrogens (tertiary/aromatic N) is 6. The van der Waals surface area contributed by atoms with Crippen molar-refractivity contribution in [3.8, 4) is 124 Å². The van der Waals surface area contributed by atoms with Crippen molar-refractivity contribution in [2.45, 2.75) is 0 Å². The molecule has 0 aliphatic heterocycles. The van der Waals surface area contributed by atoms with Crippen molar-refractivity contribution in [1.29, 1.82) is 0 Å². The lowest BCUT2D eigenvalue weighted by Crippen LogP contribution is -1.97. The monoisotopic (exact) mass is 1550 g/mol. The average molecular weight is 1550 g/mol. The number of benzene rings is 20. The van der Waals surface area contributed by atoms with Crippen LogP contribution in [-0.4, -0.2) is 29.1 Å². The molecular weight excluding hydrogens is 1480 g/mol. The first-order valence-corrected chi connectivity index (χ1v) is 41.6. The molecule has 0 saturated carbocycles. The van der Waals surface area contributed by atoms with E-state index in [4.69, 9.17) is 19.9 Å². The molecule has 0 unspecified atom stereocenters. The molecule has 0 bridgehead atoms. The van der Waals surface area contributed by atoms with Crippen LogP contribution in [0.15, 0.2) is 449 Å². The molecular formula is C116H74N6. The topological polar surface area (TPSA) is 61.4 Å². The Morgan fingerprint density at radius 3 is 0.861 bits per heavy atom. The third-order valence-electron chi connectivity index (χ3n) is 24.3. The van der Waals surface area contributed by atoms with Gasteiger partial charge in [-0.1, -0.05) is 322 Å². The Kier molecular flexibility index (Phi) is 17.5. The highest BCUT2D eigenvalue weighted by molar-refractivity contribution is 6.23. The van der Waals surface area contributed by atoms with Gasteiger partial charge in [0.25, 0.3) is 0 Å². The van der Waals surface area contributed by atoms with Crippen LogP contribution >= 0.6 is 0 Å². The zero-order valence-corrected chi connectivity index (χ0v) is 66.4. The Morgan fingerprint density at radius 2 is 0.443 bits per heavy atom. The highest BCUT2D eigenvalue weighted by Gasteiger charge is 2.21. The first-order valence-electron chi connectivity index (χ1n) is 41.6. The lowest BCUT2D eigenvalue weighted by Gasteiger charge is -2.12. The summed E-state index contributed by atoms with van der Waals surface area (Å²) in [6.45, 7) is 0. The molecule has 0 aliphatic carbocycles. The number of aromatic nitrogens is 6. The van der Waals surface area contributed by atoms with E-state index in [1.165, 1.54) is 153 Å². The van der Waals surface area contributed by atoms with Crippen LogP contribution in [-0.2, 0) is 0 Å². The van der Waals surface area contributed by atoms with Gasteiger partial charge in [-0.2, -0.15) is 0 Å². The summed E-state index contributed by atoms with van der Waals surface area (Å²) in [6, 6.07) is 161. The van der Waals surface area contributed by atoms with Crippen LogP contribution in [0.25, 0.3) is 232 Å². The average Bonchev–Trinajstić information content (AvgIpc) is 1.57. The first kappa shape index (κ1) is 71.1. The predicted molar refractivity (Wildman–Crippen MR) is 512 cm³/mol. The molecule has 20 aromatic carbocycles. The van der Waals surface area contributed by atoms with E-state index in [1.54, 1.807) is 0 Å². The standard InChI is InChI=1S/2C58H37N3/c1-3-13-40(14-4-1)53-37-54(41-15-5-2-6-16-41)60-58(59-53)42-26-30-48(31-27-42)61-55-21-10-9-19-52(55)57-51-32-28-44(34-46(51)29-33-56(57)61)43-24-22-38-23-25-45(36-47(38)35-43)50-20-11-17-39-12-7-8-18-49(39)50;1-3-12-40(13-4-1)53-37-54(41-14-5-2-6-15-41)60-58(59-53)42-25-29-50(30-26-42)61-55-18-10-9-17-52(55)57-51-31-27-47(34-48(51)28-32-56(57)61)46-24-21-39-20-23-45(35-49(39)36-46)44-22-19-38-11-7-8-16-43(38)33-44/h2*1-37H. The van der Waals surface area contributed by atoms with Gasteiger partial charge in [0.05, 0.1) is 44.8 Å². The number of hydrogen-bond donors (Lipinski definition) is 0. The lowest BCUT2D eigenvalue weighted by molar-refractivity contribution is 1.16. The van der Waals surface area contributed by atoms with Crippen molar-refractivity contribution in [3.63, 3.8) is 0 Å². The SMILES string of the molecule is c1ccc(-c2cc(-c3ccccc3)nc(-c3ccc(-n4c5ccccc5c5c6ccc(-c7ccc8ccc(-c9ccc%10ccccc%10c9)cc8c7)cc6ccc54)cc3)n2)cc1.c1ccc(-c2cc(-c3ccccc3)nc(-c3ccc(-n4c5ccccc5c5c6ccc(-c7ccc8ccc(-c9cccc%10ccccc9%10)cc8c7)cc6ccc54)cc3)n2)cc1. The Labute approximate surface area is 705 Å². The summed E-state index contributed by atoms with van der Waals surface area (Å²) in [5, 5.41) is 19.9. The molecule has 4 heterocycles. The van der Waals surface area contributed by atoms with Gasteiger partial charge in [-0.05, 0) is 237 Å². The second kappa shape index (κ2) is 30.0. The highest BCUT2D eigenvalue weighted by atomic mass is 15.0. The normalized spacial score (nSPS) is 11.6. The third kappa shape index (κ3) is 12.9. The van der Waals surface area contributed by atoms with Crippen LogP contribution in [0.4, 0.5) is 0 Å². The quantitative estimate of drug-likeness (QED) is 0.122. The molecule has 6 nitrogen and oxygen atoms in total. The zero-order chi connectivity index (χ0) is 80.6. The molecule has 0 spiro atoms. The summed E-state index contributed by atoms with van der Waals surface area (Å²) in [7, 11) is 0. The van der Waals surface area contributed by atoms with Crippen molar-refractivity contribution < 1.29 is 0 Å². The van der Waals surface area contributed by atoms with Crippen molar-refractivity contribution >= 4 is 108 Å². The molecule has 0 saturated heterocycles. The number of para-hydroxylation sites is 2. The summed E-state index contributed by atoms with van der Waals surface area (Å²) < 4.78 is 4.77. The third-order valence-corrected chi connectivity index (χ3v) is 24.3. The van der Waals surface area contributed by atoms with Crippen LogP contribution in [0.1, 0.15) is 0 Å². The molecule has 0 amide bonds. The van der Waals surface area contributed by atoms with E-state index < -0.39 is 0 Å². The summed E-state index contributed by atoms with van der Waals surface area (Å²) in [5.41, 5.74) is 26.5. The van der Waals surface area contributed by atoms with Gasteiger partial charge in [0, 0.05) is 66.3 Å². The Morgan fingerprint density at radius 1 is 0.148 bits per heavy atom. The fraction of sp³-hybridized carbons (Fsp3) is 0. The second-order valence-corrected chi connectivity index (χ2v) is 31.6. The molecule has 0 fully saturated rings. The predicted octanol–water partition coefficient (Wildman–Crippen LogP) is 30.7. The molecule has 24 rings (SSSR count). The molecule has 0 aliphatic rings. The molecule has 6 heteroatoms. The van der Waals surface area contributed by atoms with E-state index in [0.29, 0.717) is 11.6 Å². The van der Waals surface area contributed by atoms with Crippen LogP contribution in [0, 0.1) is 0 Å². The van der Waals surface area contributed by atoms with Gasteiger partial charge in [0.2, 0.25) is 0 Å². The summed E-state index contributed by atoms with van der Waals surface area (Å²) >= 11 is 0. The van der Waals surface area contributed by atoms with E-state index in [9.17, 15) is 0 Å². The lowest BCUT2D eigenvalue weighted by atomic mass is 9.94. The van der Waals surface area contributed by atoms with Crippen LogP contribution < -0.4 is 0 Å². The van der Waals surface area contributed by atoms with Crippen molar-refractivity contribution in [1.82, 2.24) is 29.1 Å². The van der Waals surface area contributed by atoms with Crippen LogP contribution in [0.5, 0.6) is 0 Å². The minimum Gasteiger partial charge on any atom is -0.309 e. The number of fused-ring (bicyclic) bond motifs is 14. The van der Waals surface area contributed by atoms with Crippen molar-refractivity contribution in [2.24, 2.45) is 0 Å². The van der Waals surface area contributed by atoms with Gasteiger partial charge < -0.3 is 9.13 Å². The van der Waals surface area contributed by atoms with E-state index in [0.717, 1.165) is 67.5 Å². The molecule has 0 atom stereocenters. The van der Waals surface area contributed by atoms with Gasteiger partial charge in [0.1, 0.15) is 0 Å². The number of rotatable bonds is 12. The maximum atomic E-state index is 5.08. The molecule has 568 valence electrons. The summed E-state index contributed by atoms with van der Waals surface area (Å²) in [5.74, 6) is 1.40. The minimum atomic E-state index is 0.701.